The monoisotopic (exact) mass is 225 g/mol. The van der Waals surface area contributed by atoms with Gasteiger partial charge in [-0.2, -0.15) is 0 Å². The highest BCUT2D eigenvalue weighted by atomic mass is 16.4. The number of carbonyl (C=O) groups excluding carboxylic acids is 1. The zero-order valence-electron chi connectivity index (χ0n) is 10.0. The molecule has 0 saturated carbocycles. The minimum atomic E-state index is -0.268. The van der Waals surface area contributed by atoms with E-state index in [1.807, 2.05) is 13.8 Å². The normalized spacial score (nSPS) is 12.5. The Morgan fingerprint density at radius 1 is 1.50 bits per heavy atom. The van der Waals surface area contributed by atoms with Crippen molar-refractivity contribution < 1.29 is 14.3 Å². The van der Waals surface area contributed by atoms with E-state index in [1.165, 1.54) is 0 Å². The molecule has 4 heteroatoms. The van der Waals surface area contributed by atoms with Crippen molar-refractivity contribution in [1.29, 1.82) is 0 Å². The van der Waals surface area contributed by atoms with Gasteiger partial charge in [0.1, 0.15) is 5.76 Å². The number of hydrogen-bond donors (Lipinski definition) is 2. The van der Waals surface area contributed by atoms with Crippen molar-refractivity contribution in [2.24, 2.45) is 0 Å². The molecule has 0 bridgehead atoms. The molecule has 0 aliphatic heterocycles. The Hall–Kier alpha value is -1.29. The predicted octanol–water partition coefficient (Wildman–Crippen LogP) is 1.51. The number of carbonyl (C=O) groups is 1. The Labute approximate surface area is 95.7 Å². The molecule has 16 heavy (non-hydrogen) atoms. The van der Waals surface area contributed by atoms with Crippen LogP contribution in [0.3, 0.4) is 0 Å². The first-order valence-corrected chi connectivity index (χ1v) is 5.65. The van der Waals surface area contributed by atoms with Crippen LogP contribution in [0.15, 0.2) is 10.5 Å². The van der Waals surface area contributed by atoms with Gasteiger partial charge in [0.2, 0.25) is 0 Å². The minimum absolute atomic E-state index is 0.0757. The van der Waals surface area contributed by atoms with E-state index in [9.17, 15) is 4.79 Å². The maximum absolute atomic E-state index is 11.7. The van der Waals surface area contributed by atoms with Crippen LogP contribution in [-0.2, 0) is 12.8 Å². The van der Waals surface area contributed by atoms with Crippen LogP contribution in [0, 0.1) is 0 Å². The third kappa shape index (κ3) is 2.85. The second-order valence-corrected chi connectivity index (χ2v) is 3.82. The highest BCUT2D eigenvalue weighted by molar-refractivity contribution is 5.91. The summed E-state index contributed by atoms with van der Waals surface area (Å²) in [7, 11) is 0. The van der Waals surface area contributed by atoms with Crippen LogP contribution < -0.4 is 5.32 Å². The Kier molecular flexibility index (Phi) is 4.55. The zero-order valence-corrected chi connectivity index (χ0v) is 10.0. The largest absolute Gasteiger partial charge is 0.456 e. The summed E-state index contributed by atoms with van der Waals surface area (Å²) >= 11 is 0. The Bertz CT molecular complexity index is 336. The zero-order chi connectivity index (χ0) is 12.1. The maximum Gasteiger partial charge on any atom is 0.287 e. The molecule has 1 amide bonds. The Balaban J connectivity index is 2.79. The van der Waals surface area contributed by atoms with E-state index in [4.69, 9.17) is 9.52 Å². The number of aryl methyl sites for hydroxylation is 2. The van der Waals surface area contributed by atoms with Crippen LogP contribution in [0.2, 0.25) is 0 Å². The van der Waals surface area contributed by atoms with E-state index in [2.05, 4.69) is 5.32 Å². The molecule has 4 nitrogen and oxygen atoms in total. The number of hydrogen-bond acceptors (Lipinski definition) is 3. The molecule has 0 aromatic carbocycles. The lowest BCUT2D eigenvalue weighted by molar-refractivity contribution is 0.0892. The third-order valence-electron chi connectivity index (χ3n) is 2.47. The second kappa shape index (κ2) is 5.70. The molecular formula is C12H19NO3. The van der Waals surface area contributed by atoms with Crippen molar-refractivity contribution in [2.45, 2.75) is 39.7 Å². The number of aliphatic hydroxyl groups excluding tert-OH is 1. The molecule has 0 radical (unpaired) electrons. The number of amides is 1. The molecule has 0 aliphatic rings. The average molecular weight is 225 g/mol. The van der Waals surface area contributed by atoms with Gasteiger partial charge in [-0.05, 0) is 25.0 Å². The van der Waals surface area contributed by atoms with Gasteiger partial charge in [0.15, 0.2) is 5.76 Å². The van der Waals surface area contributed by atoms with Crippen LogP contribution in [0.4, 0.5) is 0 Å². The fourth-order valence-electron chi connectivity index (χ4n) is 1.52. The van der Waals surface area contributed by atoms with Gasteiger partial charge in [-0.3, -0.25) is 4.79 Å². The number of furan rings is 1. The van der Waals surface area contributed by atoms with Gasteiger partial charge in [0.25, 0.3) is 5.91 Å². The van der Waals surface area contributed by atoms with Crippen LogP contribution >= 0.6 is 0 Å². The van der Waals surface area contributed by atoms with Crippen molar-refractivity contribution in [2.75, 3.05) is 6.61 Å². The van der Waals surface area contributed by atoms with Gasteiger partial charge in [0.05, 0.1) is 6.61 Å². The summed E-state index contributed by atoms with van der Waals surface area (Å²) in [5.41, 5.74) is 1.07. The molecule has 1 rings (SSSR count). The molecule has 1 heterocycles. The van der Waals surface area contributed by atoms with Crippen molar-refractivity contribution in [3.8, 4) is 0 Å². The average Bonchev–Trinajstić information content (AvgIpc) is 2.71. The third-order valence-corrected chi connectivity index (χ3v) is 2.47. The lowest BCUT2D eigenvalue weighted by atomic mass is 10.1. The van der Waals surface area contributed by atoms with Crippen LogP contribution in [0.25, 0.3) is 0 Å². The van der Waals surface area contributed by atoms with Crippen LogP contribution in [0.1, 0.15) is 42.6 Å². The second-order valence-electron chi connectivity index (χ2n) is 3.82. The number of rotatable bonds is 5. The van der Waals surface area contributed by atoms with E-state index < -0.39 is 0 Å². The highest BCUT2D eigenvalue weighted by Gasteiger charge is 2.16. The lowest BCUT2D eigenvalue weighted by Gasteiger charge is -2.08. The summed E-state index contributed by atoms with van der Waals surface area (Å²) in [4.78, 5) is 11.7. The Morgan fingerprint density at radius 3 is 2.62 bits per heavy atom. The summed E-state index contributed by atoms with van der Waals surface area (Å²) in [6.07, 6.45) is 1.64. The van der Waals surface area contributed by atoms with E-state index in [0.717, 1.165) is 24.2 Å². The molecule has 1 atom stereocenters. The fourth-order valence-corrected chi connectivity index (χ4v) is 1.52. The van der Waals surface area contributed by atoms with Gasteiger partial charge in [-0.25, -0.2) is 0 Å². The standard InChI is InChI=1S/C12H19NO3/c1-4-9-6-11(16-10(9)5-2)12(15)13-8(3)7-14/h6,8,14H,4-5,7H2,1-3H3,(H,13,15). The fraction of sp³-hybridized carbons (Fsp3) is 0.583. The summed E-state index contributed by atoms with van der Waals surface area (Å²) in [5.74, 6) is 0.925. The molecule has 0 saturated heterocycles. The van der Waals surface area contributed by atoms with Crippen molar-refractivity contribution >= 4 is 5.91 Å². The first-order valence-electron chi connectivity index (χ1n) is 5.65. The molecule has 2 N–H and O–H groups in total. The molecule has 0 spiro atoms. The maximum atomic E-state index is 11.7. The molecule has 1 unspecified atom stereocenters. The number of aliphatic hydroxyl groups is 1. The summed E-state index contributed by atoms with van der Waals surface area (Å²) < 4.78 is 5.47. The minimum Gasteiger partial charge on any atom is -0.456 e. The van der Waals surface area contributed by atoms with Gasteiger partial charge in [-0.1, -0.05) is 13.8 Å². The molecule has 1 aromatic rings. The predicted molar refractivity (Wildman–Crippen MR) is 61.5 cm³/mol. The molecule has 0 fully saturated rings. The first kappa shape index (κ1) is 12.8. The van der Waals surface area contributed by atoms with Gasteiger partial charge < -0.3 is 14.8 Å². The molecular weight excluding hydrogens is 206 g/mol. The quantitative estimate of drug-likeness (QED) is 0.798. The van der Waals surface area contributed by atoms with Crippen molar-refractivity contribution in [3.05, 3.63) is 23.2 Å². The van der Waals surface area contributed by atoms with Crippen molar-refractivity contribution in [3.63, 3.8) is 0 Å². The van der Waals surface area contributed by atoms with Gasteiger partial charge in [-0.15, -0.1) is 0 Å². The molecule has 1 aromatic heterocycles. The van der Waals surface area contributed by atoms with Crippen LogP contribution in [0.5, 0.6) is 0 Å². The number of nitrogens with one attached hydrogen (secondary N) is 1. The van der Waals surface area contributed by atoms with E-state index in [1.54, 1.807) is 13.0 Å². The van der Waals surface area contributed by atoms with Gasteiger partial charge >= 0.3 is 0 Å². The van der Waals surface area contributed by atoms with E-state index >= 15 is 0 Å². The Morgan fingerprint density at radius 2 is 2.19 bits per heavy atom. The molecule has 0 aliphatic carbocycles. The van der Waals surface area contributed by atoms with E-state index in [-0.39, 0.29) is 18.6 Å². The van der Waals surface area contributed by atoms with Crippen molar-refractivity contribution in [1.82, 2.24) is 5.32 Å². The topological polar surface area (TPSA) is 62.5 Å². The highest BCUT2D eigenvalue weighted by Crippen LogP contribution is 2.16. The lowest BCUT2D eigenvalue weighted by Crippen LogP contribution is -2.34. The smallest absolute Gasteiger partial charge is 0.287 e. The SMILES string of the molecule is CCc1cc(C(=O)NC(C)CO)oc1CC. The first-order chi connectivity index (χ1) is 7.62. The van der Waals surface area contributed by atoms with Gasteiger partial charge in [0, 0.05) is 12.5 Å². The summed E-state index contributed by atoms with van der Waals surface area (Å²) in [6, 6.07) is 1.52. The van der Waals surface area contributed by atoms with Crippen LogP contribution in [-0.4, -0.2) is 23.7 Å². The molecule has 90 valence electrons. The summed E-state index contributed by atoms with van der Waals surface area (Å²) in [6.45, 7) is 5.69. The summed E-state index contributed by atoms with van der Waals surface area (Å²) in [5, 5.41) is 11.5. The van der Waals surface area contributed by atoms with E-state index in [0.29, 0.717) is 5.76 Å².